The van der Waals surface area contributed by atoms with Crippen molar-refractivity contribution in [2.24, 2.45) is 5.92 Å². The van der Waals surface area contributed by atoms with Crippen molar-refractivity contribution >= 4 is 5.91 Å². The van der Waals surface area contributed by atoms with Crippen LogP contribution >= 0.6 is 0 Å². The van der Waals surface area contributed by atoms with E-state index in [1.807, 2.05) is 20.8 Å². The summed E-state index contributed by atoms with van der Waals surface area (Å²) in [4.78, 5) is 12.8. The monoisotopic (exact) mass is 321 g/mol. The van der Waals surface area contributed by atoms with Gasteiger partial charge in [-0.25, -0.2) is 0 Å². The van der Waals surface area contributed by atoms with E-state index in [2.05, 4.69) is 67.7 Å². The fourth-order valence-electron chi connectivity index (χ4n) is 3.54. The minimum Gasteiger partial charge on any atom is -0.351 e. The first-order chi connectivity index (χ1) is 11.2. The molecule has 2 nitrogen and oxygen atoms in total. The van der Waals surface area contributed by atoms with Gasteiger partial charge in [0.15, 0.2) is 0 Å². The third kappa shape index (κ3) is 3.10. The molecule has 0 heterocycles. The number of rotatable bonds is 3. The van der Waals surface area contributed by atoms with Crippen LogP contribution in [0.2, 0.25) is 0 Å². The van der Waals surface area contributed by atoms with E-state index in [9.17, 15) is 4.79 Å². The van der Waals surface area contributed by atoms with Gasteiger partial charge in [0.05, 0.1) is 5.92 Å². The topological polar surface area (TPSA) is 29.1 Å². The van der Waals surface area contributed by atoms with Gasteiger partial charge < -0.3 is 5.32 Å². The number of carbonyl (C=O) groups excluding carboxylic acids is 1. The van der Waals surface area contributed by atoms with Crippen molar-refractivity contribution in [2.75, 3.05) is 0 Å². The van der Waals surface area contributed by atoms with Crippen molar-refractivity contribution in [2.45, 2.75) is 52.0 Å². The number of nitrogens with one attached hydrogen (secondary N) is 1. The van der Waals surface area contributed by atoms with Crippen LogP contribution in [-0.2, 0) is 10.2 Å². The molecular weight excluding hydrogens is 294 g/mol. The average Bonchev–Trinajstić information content (AvgIpc) is 3.24. The number of hydrogen-bond acceptors (Lipinski definition) is 1. The predicted molar refractivity (Wildman–Crippen MR) is 99.1 cm³/mol. The van der Waals surface area contributed by atoms with Gasteiger partial charge in [0, 0.05) is 11.0 Å². The molecule has 2 heteroatoms. The van der Waals surface area contributed by atoms with Crippen LogP contribution < -0.4 is 5.32 Å². The molecule has 0 aromatic heterocycles. The van der Waals surface area contributed by atoms with Crippen molar-refractivity contribution in [1.29, 1.82) is 0 Å². The Morgan fingerprint density at radius 3 is 1.71 bits per heavy atom. The minimum atomic E-state index is -0.202. The van der Waals surface area contributed by atoms with Crippen molar-refractivity contribution in [3.05, 3.63) is 70.8 Å². The van der Waals surface area contributed by atoms with Crippen LogP contribution in [0.15, 0.2) is 48.5 Å². The quantitative estimate of drug-likeness (QED) is 0.884. The second-order valence-corrected chi connectivity index (χ2v) is 8.20. The third-order valence-electron chi connectivity index (χ3n) is 4.91. The van der Waals surface area contributed by atoms with Gasteiger partial charge in [0.25, 0.3) is 0 Å². The lowest BCUT2D eigenvalue weighted by Crippen LogP contribution is -2.42. The molecule has 0 spiro atoms. The molecule has 1 amide bonds. The summed E-state index contributed by atoms with van der Waals surface area (Å²) in [7, 11) is 0. The first kappa shape index (κ1) is 16.8. The second-order valence-electron chi connectivity index (χ2n) is 8.20. The zero-order valence-electron chi connectivity index (χ0n) is 15.3. The van der Waals surface area contributed by atoms with Gasteiger partial charge >= 0.3 is 0 Å². The lowest BCUT2D eigenvalue weighted by Gasteiger charge is -2.23. The van der Waals surface area contributed by atoms with E-state index in [4.69, 9.17) is 0 Å². The number of amides is 1. The van der Waals surface area contributed by atoms with E-state index in [1.54, 1.807) is 0 Å². The predicted octanol–water partition coefficient (Wildman–Crippen LogP) is 4.52. The molecule has 1 aliphatic rings. The Morgan fingerprint density at radius 1 is 0.917 bits per heavy atom. The van der Waals surface area contributed by atoms with Crippen molar-refractivity contribution < 1.29 is 4.79 Å². The lowest BCUT2D eigenvalue weighted by molar-refractivity contribution is -0.124. The number of aryl methyl sites for hydroxylation is 2. The summed E-state index contributed by atoms with van der Waals surface area (Å²) >= 11 is 0. The molecule has 1 saturated carbocycles. The van der Waals surface area contributed by atoms with Crippen LogP contribution in [0.4, 0.5) is 0 Å². The van der Waals surface area contributed by atoms with E-state index < -0.39 is 0 Å². The zero-order chi connectivity index (χ0) is 17.5. The maximum atomic E-state index is 12.8. The first-order valence-electron chi connectivity index (χ1n) is 8.69. The normalized spacial score (nSPS) is 19.0. The standard InChI is InChI=1S/C22H27NO/c1-15-6-10-17(11-7-15)22(18-12-8-16(2)9-13-18)14-19(22)20(24)23-21(3,4)5/h6-13,19H,14H2,1-5H3,(H,23,24). The average molecular weight is 321 g/mol. The van der Waals surface area contributed by atoms with Crippen LogP contribution in [0.1, 0.15) is 49.4 Å². The molecule has 1 aliphatic carbocycles. The number of carbonyl (C=O) groups is 1. The summed E-state index contributed by atoms with van der Waals surface area (Å²) < 4.78 is 0. The Hall–Kier alpha value is -2.09. The maximum absolute atomic E-state index is 12.8. The summed E-state index contributed by atoms with van der Waals surface area (Å²) in [6.07, 6.45) is 0.876. The number of benzene rings is 2. The molecule has 0 aliphatic heterocycles. The summed E-state index contributed by atoms with van der Waals surface area (Å²) in [5.41, 5.74) is 4.59. The second kappa shape index (κ2) is 5.77. The highest BCUT2D eigenvalue weighted by Crippen LogP contribution is 2.59. The van der Waals surface area contributed by atoms with Gasteiger partial charge in [-0.2, -0.15) is 0 Å². The van der Waals surface area contributed by atoms with E-state index in [0.29, 0.717) is 0 Å². The molecule has 0 bridgehead atoms. The van der Waals surface area contributed by atoms with Crippen LogP contribution in [-0.4, -0.2) is 11.4 Å². The SMILES string of the molecule is Cc1ccc(C2(c3ccc(C)cc3)CC2C(=O)NC(C)(C)C)cc1. The van der Waals surface area contributed by atoms with Gasteiger partial charge in [-0.15, -0.1) is 0 Å². The largest absolute Gasteiger partial charge is 0.351 e. The van der Waals surface area contributed by atoms with Crippen molar-refractivity contribution in [3.8, 4) is 0 Å². The molecule has 1 atom stereocenters. The Morgan fingerprint density at radius 2 is 1.33 bits per heavy atom. The van der Waals surface area contributed by atoms with Crippen LogP contribution in [0.25, 0.3) is 0 Å². The maximum Gasteiger partial charge on any atom is 0.224 e. The van der Waals surface area contributed by atoms with Gasteiger partial charge in [-0.3, -0.25) is 4.79 Å². The molecule has 2 aromatic carbocycles. The molecule has 24 heavy (non-hydrogen) atoms. The van der Waals surface area contributed by atoms with Crippen molar-refractivity contribution in [3.63, 3.8) is 0 Å². The Bertz CT molecular complexity index is 690. The van der Waals surface area contributed by atoms with Crippen LogP contribution in [0, 0.1) is 19.8 Å². The molecule has 1 fully saturated rings. The fourth-order valence-corrected chi connectivity index (χ4v) is 3.54. The van der Waals surface area contributed by atoms with Crippen LogP contribution in [0.3, 0.4) is 0 Å². The fraction of sp³-hybridized carbons (Fsp3) is 0.409. The Balaban J connectivity index is 1.99. The Kier molecular flexibility index (Phi) is 4.03. The summed E-state index contributed by atoms with van der Waals surface area (Å²) in [5, 5.41) is 3.16. The smallest absolute Gasteiger partial charge is 0.224 e. The molecule has 0 radical (unpaired) electrons. The molecule has 0 saturated heterocycles. The van der Waals surface area contributed by atoms with Gasteiger partial charge in [-0.1, -0.05) is 59.7 Å². The highest BCUT2D eigenvalue weighted by Gasteiger charge is 2.60. The minimum absolute atomic E-state index is 0.00198. The molecule has 126 valence electrons. The lowest BCUT2D eigenvalue weighted by atomic mass is 9.84. The zero-order valence-corrected chi connectivity index (χ0v) is 15.3. The molecule has 1 unspecified atom stereocenters. The van der Waals surface area contributed by atoms with Crippen molar-refractivity contribution in [1.82, 2.24) is 5.32 Å². The number of hydrogen-bond donors (Lipinski definition) is 1. The third-order valence-corrected chi connectivity index (χ3v) is 4.91. The summed E-state index contributed by atoms with van der Waals surface area (Å²) in [6, 6.07) is 17.3. The van der Waals surface area contributed by atoms with Crippen LogP contribution in [0.5, 0.6) is 0 Å². The molecule has 2 aromatic rings. The molecule has 1 N–H and O–H groups in total. The van der Waals surface area contributed by atoms with E-state index in [-0.39, 0.29) is 22.8 Å². The first-order valence-corrected chi connectivity index (χ1v) is 8.69. The van der Waals surface area contributed by atoms with Gasteiger partial charge in [0.1, 0.15) is 0 Å². The van der Waals surface area contributed by atoms with Gasteiger partial charge in [-0.05, 0) is 52.2 Å². The summed E-state index contributed by atoms with van der Waals surface area (Å²) in [6.45, 7) is 10.3. The Labute approximate surface area is 145 Å². The van der Waals surface area contributed by atoms with E-state index >= 15 is 0 Å². The highest BCUT2D eigenvalue weighted by molar-refractivity contribution is 5.86. The van der Waals surface area contributed by atoms with E-state index in [1.165, 1.54) is 22.3 Å². The summed E-state index contributed by atoms with van der Waals surface area (Å²) in [5.74, 6) is 0.158. The molecule has 3 rings (SSSR count). The van der Waals surface area contributed by atoms with E-state index in [0.717, 1.165) is 6.42 Å². The van der Waals surface area contributed by atoms with Gasteiger partial charge in [0.2, 0.25) is 5.91 Å². The highest BCUT2D eigenvalue weighted by atomic mass is 16.2. The molecular formula is C22H27NO.